The first kappa shape index (κ1) is 17.0. The molecule has 0 fully saturated rings. The lowest BCUT2D eigenvalue weighted by atomic mass is 10.1. The average molecular weight is 338 g/mol. The van der Waals surface area contributed by atoms with Gasteiger partial charge in [0.15, 0.2) is 0 Å². The maximum absolute atomic E-state index is 13.8. The Morgan fingerprint density at radius 2 is 1.83 bits per heavy atom. The van der Waals surface area contributed by atoms with Crippen LogP contribution in [0.4, 0.5) is 8.78 Å². The van der Waals surface area contributed by atoms with Crippen LogP contribution in [0.2, 0.25) is 0 Å². The topological polar surface area (TPSA) is 90.2 Å². The monoisotopic (exact) mass is 338 g/mol. The summed E-state index contributed by atoms with van der Waals surface area (Å²) in [5, 5.41) is 18.5. The van der Waals surface area contributed by atoms with E-state index in [1.165, 1.54) is 18.2 Å². The zero-order chi connectivity index (χ0) is 17.0. The van der Waals surface area contributed by atoms with Gasteiger partial charge in [-0.05, 0) is 35.9 Å². The van der Waals surface area contributed by atoms with Gasteiger partial charge in [0.2, 0.25) is 10.0 Å². The van der Waals surface area contributed by atoms with Gasteiger partial charge in [-0.3, -0.25) is 0 Å². The van der Waals surface area contributed by atoms with E-state index in [-0.39, 0.29) is 5.56 Å². The second kappa shape index (κ2) is 6.83. The van der Waals surface area contributed by atoms with Crippen molar-refractivity contribution in [2.24, 2.45) is 0 Å². The number of rotatable bonds is 5. The van der Waals surface area contributed by atoms with Crippen molar-refractivity contribution in [1.29, 1.82) is 5.26 Å². The van der Waals surface area contributed by atoms with Gasteiger partial charge in [0.1, 0.15) is 16.5 Å². The van der Waals surface area contributed by atoms with Crippen LogP contribution in [0.15, 0.2) is 47.4 Å². The molecule has 0 aliphatic heterocycles. The molecule has 0 saturated heterocycles. The van der Waals surface area contributed by atoms with Crippen LogP contribution >= 0.6 is 0 Å². The molecule has 0 heterocycles. The SMILES string of the molecule is N#Cc1ccc(S(=O)(=O)NCC(O)c2ccc(F)cc2)c(F)c1. The van der Waals surface area contributed by atoms with Crippen LogP contribution in [-0.4, -0.2) is 20.1 Å². The summed E-state index contributed by atoms with van der Waals surface area (Å²) >= 11 is 0. The Morgan fingerprint density at radius 3 is 2.39 bits per heavy atom. The smallest absolute Gasteiger partial charge is 0.243 e. The third kappa shape index (κ3) is 4.10. The summed E-state index contributed by atoms with van der Waals surface area (Å²) < 4.78 is 52.7. The second-order valence-corrected chi connectivity index (χ2v) is 6.41. The van der Waals surface area contributed by atoms with E-state index in [0.29, 0.717) is 5.56 Å². The molecule has 23 heavy (non-hydrogen) atoms. The quantitative estimate of drug-likeness (QED) is 0.870. The fourth-order valence-corrected chi connectivity index (χ4v) is 2.95. The van der Waals surface area contributed by atoms with Gasteiger partial charge >= 0.3 is 0 Å². The molecule has 1 unspecified atom stereocenters. The van der Waals surface area contributed by atoms with Crippen molar-refractivity contribution in [3.63, 3.8) is 0 Å². The molecule has 0 radical (unpaired) electrons. The van der Waals surface area contributed by atoms with Crippen LogP contribution in [0.25, 0.3) is 0 Å². The summed E-state index contributed by atoms with van der Waals surface area (Å²) in [5.74, 6) is -1.55. The minimum atomic E-state index is -4.20. The van der Waals surface area contributed by atoms with E-state index in [0.717, 1.165) is 24.3 Å². The van der Waals surface area contributed by atoms with Crippen molar-refractivity contribution in [2.45, 2.75) is 11.0 Å². The minimum Gasteiger partial charge on any atom is -0.387 e. The third-order valence-corrected chi connectivity index (χ3v) is 4.53. The Balaban J connectivity index is 2.12. The van der Waals surface area contributed by atoms with Crippen LogP contribution in [0.5, 0.6) is 0 Å². The van der Waals surface area contributed by atoms with Crippen LogP contribution in [0, 0.1) is 23.0 Å². The van der Waals surface area contributed by atoms with Crippen molar-refractivity contribution in [2.75, 3.05) is 6.54 Å². The Kier molecular flexibility index (Phi) is 5.05. The van der Waals surface area contributed by atoms with Gasteiger partial charge in [0, 0.05) is 6.54 Å². The van der Waals surface area contributed by atoms with Gasteiger partial charge in [-0.1, -0.05) is 12.1 Å². The van der Waals surface area contributed by atoms with Crippen molar-refractivity contribution in [1.82, 2.24) is 4.72 Å². The Bertz CT molecular complexity index is 846. The molecular formula is C15H12F2N2O3S. The molecule has 2 aromatic rings. The van der Waals surface area contributed by atoms with E-state index in [1.807, 2.05) is 0 Å². The summed E-state index contributed by atoms with van der Waals surface area (Å²) in [5.41, 5.74) is 0.308. The molecule has 120 valence electrons. The van der Waals surface area contributed by atoms with Gasteiger partial charge in [0.05, 0.1) is 17.7 Å². The summed E-state index contributed by atoms with van der Waals surface area (Å²) in [6.07, 6.45) is -1.22. The van der Waals surface area contributed by atoms with E-state index < -0.39 is 39.2 Å². The molecule has 2 rings (SSSR count). The van der Waals surface area contributed by atoms with Crippen molar-refractivity contribution in [3.05, 3.63) is 65.2 Å². The Labute approximate surface area is 131 Å². The third-order valence-electron chi connectivity index (χ3n) is 3.07. The first-order valence-electron chi connectivity index (χ1n) is 6.46. The van der Waals surface area contributed by atoms with E-state index in [1.54, 1.807) is 6.07 Å². The summed E-state index contributed by atoms with van der Waals surface area (Å²) in [7, 11) is -4.20. The number of nitrogens with one attached hydrogen (secondary N) is 1. The first-order valence-corrected chi connectivity index (χ1v) is 7.94. The molecule has 0 saturated carbocycles. The standard InChI is InChI=1S/C15H12F2N2O3S/c16-12-4-2-11(3-5-12)14(20)9-19-23(21,22)15-6-1-10(8-18)7-13(15)17/h1-7,14,19-20H,9H2. The molecule has 2 aromatic carbocycles. The fraction of sp³-hybridized carbons (Fsp3) is 0.133. The number of hydrogen-bond acceptors (Lipinski definition) is 4. The molecule has 0 bridgehead atoms. The van der Waals surface area contributed by atoms with Crippen molar-refractivity contribution >= 4 is 10.0 Å². The molecule has 0 aliphatic rings. The lowest BCUT2D eigenvalue weighted by Gasteiger charge is -2.13. The lowest BCUT2D eigenvalue weighted by molar-refractivity contribution is 0.182. The largest absolute Gasteiger partial charge is 0.387 e. The van der Waals surface area contributed by atoms with Crippen LogP contribution in [-0.2, 0) is 10.0 Å². The number of nitriles is 1. The normalized spacial score (nSPS) is 12.6. The molecule has 0 amide bonds. The van der Waals surface area contributed by atoms with E-state index >= 15 is 0 Å². The van der Waals surface area contributed by atoms with Gasteiger partial charge in [-0.2, -0.15) is 5.26 Å². The zero-order valence-corrected chi connectivity index (χ0v) is 12.5. The van der Waals surface area contributed by atoms with Crippen molar-refractivity contribution in [3.8, 4) is 6.07 Å². The second-order valence-electron chi connectivity index (χ2n) is 4.68. The summed E-state index contributed by atoms with van der Waals surface area (Å²) in [4.78, 5) is -0.622. The number of halogens is 2. The van der Waals surface area contributed by atoms with Gasteiger partial charge < -0.3 is 5.11 Å². The molecule has 2 N–H and O–H groups in total. The highest BCUT2D eigenvalue weighted by atomic mass is 32.2. The number of benzene rings is 2. The van der Waals surface area contributed by atoms with E-state index in [9.17, 15) is 22.3 Å². The first-order chi connectivity index (χ1) is 10.8. The maximum atomic E-state index is 13.8. The lowest BCUT2D eigenvalue weighted by Crippen LogP contribution is -2.29. The van der Waals surface area contributed by atoms with E-state index in [4.69, 9.17) is 5.26 Å². The van der Waals surface area contributed by atoms with Crippen molar-refractivity contribution < 1.29 is 22.3 Å². The molecule has 0 aliphatic carbocycles. The minimum absolute atomic E-state index is 0.00667. The molecule has 5 nitrogen and oxygen atoms in total. The number of sulfonamides is 1. The molecule has 8 heteroatoms. The Hall–Kier alpha value is -2.34. The van der Waals surface area contributed by atoms with Crippen LogP contribution < -0.4 is 4.72 Å². The maximum Gasteiger partial charge on any atom is 0.243 e. The molecule has 0 spiro atoms. The predicted octanol–water partition coefficient (Wildman–Crippen LogP) is 1.85. The molecule has 0 aromatic heterocycles. The predicted molar refractivity (Wildman–Crippen MR) is 77.7 cm³/mol. The fourth-order valence-electron chi connectivity index (χ4n) is 1.86. The molecule has 1 atom stereocenters. The number of hydrogen-bond donors (Lipinski definition) is 2. The van der Waals surface area contributed by atoms with Crippen LogP contribution in [0.3, 0.4) is 0 Å². The van der Waals surface area contributed by atoms with Gasteiger partial charge in [0.25, 0.3) is 0 Å². The van der Waals surface area contributed by atoms with Gasteiger partial charge in [-0.25, -0.2) is 21.9 Å². The van der Waals surface area contributed by atoms with Crippen LogP contribution in [0.1, 0.15) is 17.2 Å². The highest BCUT2D eigenvalue weighted by molar-refractivity contribution is 7.89. The van der Waals surface area contributed by atoms with E-state index in [2.05, 4.69) is 4.72 Å². The summed E-state index contributed by atoms with van der Waals surface area (Å²) in [6.45, 7) is -0.409. The number of aliphatic hydroxyl groups excluding tert-OH is 1. The Morgan fingerprint density at radius 1 is 1.17 bits per heavy atom. The highest BCUT2D eigenvalue weighted by Crippen LogP contribution is 2.17. The summed E-state index contributed by atoms with van der Waals surface area (Å²) in [6, 6.07) is 9.55. The molecular weight excluding hydrogens is 326 g/mol. The number of nitrogens with zero attached hydrogens (tertiary/aromatic N) is 1. The highest BCUT2D eigenvalue weighted by Gasteiger charge is 2.21. The number of aliphatic hydroxyl groups is 1. The zero-order valence-electron chi connectivity index (χ0n) is 11.7. The average Bonchev–Trinajstić information content (AvgIpc) is 2.53. The van der Waals surface area contributed by atoms with Gasteiger partial charge in [-0.15, -0.1) is 0 Å².